The Morgan fingerprint density at radius 1 is 1.47 bits per heavy atom. The van der Waals surface area contributed by atoms with Crippen molar-refractivity contribution in [3.05, 3.63) is 46.6 Å². The summed E-state index contributed by atoms with van der Waals surface area (Å²) < 4.78 is 5.42. The molecular weight excluding hydrogens is 262 g/mol. The SMILES string of the molecule is CC1(c2nc(Cc3cccc(Cl)c3)no2)CCNC1. The van der Waals surface area contributed by atoms with Gasteiger partial charge in [0, 0.05) is 18.0 Å². The fraction of sp³-hybridized carbons (Fsp3) is 0.429. The summed E-state index contributed by atoms with van der Waals surface area (Å²) in [6.45, 7) is 4.05. The second kappa shape index (κ2) is 4.94. The van der Waals surface area contributed by atoms with E-state index in [4.69, 9.17) is 16.1 Å². The Kier molecular flexibility index (Phi) is 3.29. The van der Waals surface area contributed by atoms with Crippen LogP contribution in [-0.4, -0.2) is 23.2 Å². The van der Waals surface area contributed by atoms with Crippen molar-refractivity contribution in [2.75, 3.05) is 13.1 Å². The second-order valence-corrected chi connectivity index (χ2v) is 5.75. The molecule has 100 valence electrons. The predicted molar refractivity (Wildman–Crippen MR) is 73.4 cm³/mol. The number of hydrogen-bond acceptors (Lipinski definition) is 4. The van der Waals surface area contributed by atoms with Crippen LogP contribution in [0.1, 0.15) is 30.6 Å². The van der Waals surface area contributed by atoms with E-state index < -0.39 is 0 Å². The average Bonchev–Trinajstić information content (AvgIpc) is 2.99. The Balaban J connectivity index is 1.78. The largest absolute Gasteiger partial charge is 0.339 e. The molecule has 0 amide bonds. The van der Waals surface area contributed by atoms with Gasteiger partial charge >= 0.3 is 0 Å². The first-order valence-electron chi connectivity index (χ1n) is 6.44. The van der Waals surface area contributed by atoms with E-state index in [1.807, 2.05) is 24.3 Å². The van der Waals surface area contributed by atoms with E-state index in [2.05, 4.69) is 22.4 Å². The number of halogens is 1. The molecule has 19 heavy (non-hydrogen) atoms. The van der Waals surface area contributed by atoms with Gasteiger partial charge in [0.2, 0.25) is 5.89 Å². The fourth-order valence-corrected chi connectivity index (χ4v) is 2.61. The van der Waals surface area contributed by atoms with E-state index in [0.29, 0.717) is 12.2 Å². The Bertz CT molecular complexity index is 576. The smallest absolute Gasteiger partial charge is 0.233 e. The highest BCUT2D eigenvalue weighted by Gasteiger charge is 2.36. The minimum Gasteiger partial charge on any atom is -0.339 e. The number of nitrogens with zero attached hydrogens (tertiary/aromatic N) is 2. The molecule has 1 saturated heterocycles. The minimum absolute atomic E-state index is 0.0282. The zero-order chi connectivity index (χ0) is 13.3. The maximum Gasteiger partial charge on any atom is 0.233 e. The normalized spacial score (nSPS) is 22.8. The lowest BCUT2D eigenvalue weighted by atomic mass is 9.90. The molecule has 1 fully saturated rings. The van der Waals surface area contributed by atoms with Gasteiger partial charge in [0.15, 0.2) is 5.82 Å². The molecule has 1 aliphatic heterocycles. The van der Waals surface area contributed by atoms with E-state index in [1.165, 1.54) is 0 Å². The molecule has 1 aromatic heterocycles. The number of nitrogens with one attached hydrogen (secondary N) is 1. The van der Waals surface area contributed by atoms with E-state index >= 15 is 0 Å². The molecule has 0 spiro atoms. The summed E-state index contributed by atoms with van der Waals surface area (Å²) in [6.07, 6.45) is 1.68. The van der Waals surface area contributed by atoms with Crippen LogP contribution in [0.2, 0.25) is 5.02 Å². The maximum atomic E-state index is 5.97. The predicted octanol–water partition coefficient (Wildman–Crippen LogP) is 2.56. The highest BCUT2D eigenvalue weighted by Crippen LogP contribution is 2.28. The van der Waals surface area contributed by atoms with Gasteiger partial charge in [-0.1, -0.05) is 28.9 Å². The van der Waals surface area contributed by atoms with Gasteiger partial charge in [-0.15, -0.1) is 0 Å². The van der Waals surface area contributed by atoms with Crippen molar-refractivity contribution in [3.8, 4) is 0 Å². The molecule has 1 unspecified atom stereocenters. The molecule has 0 bridgehead atoms. The quantitative estimate of drug-likeness (QED) is 0.937. The average molecular weight is 278 g/mol. The first-order valence-corrected chi connectivity index (χ1v) is 6.82. The molecule has 1 N–H and O–H groups in total. The lowest BCUT2D eigenvalue weighted by Gasteiger charge is -2.15. The van der Waals surface area contributed by atoms with Crippen molar-refractivity contribution < 1.29 is 4.52 Å². The van der Waals surface area contributed by atoms with E-state index in [9.17, 15) is 0 Å². The summed E-state index contributed by atoms with van der Waals surface area (Å²) in [4.78, 5) is 4.53. The van der Waals surface area contributed by atoms with Gasteiger partial charge in [-0.05, 0) is 37.6 Å². The van der Waals surface area contributed by atoms with E-state index in [1.54, 1.807) is 0 Å². The highest BCUT2D eigenvalue weighted by molar-refractivity contribution is 6.30. The fourth-order valence-electron chi connectivity index (χ4n) is 2.40. The molecule has 0 saturated carbocycles. The number of benzene rings is 1. The van der Waals surface area contributed by atoms with Crippen LogP contribution < -0.4 is 5.32 Å². The first kappa shape index (κ1) is 12.6. The minimum atomic E-state index is -0.0282. The molecule has 1 aliphatic rings. The third kappa shape index (κ3) is 2.65. The molecule has 2 heterocycles. The summed E-state index contributed by atoms with van der Waals surface area (Å²) in [6, 6.07) is 7.73. The number of aromatic nitrogens is 2. The van der Waals surface area contributed by atoms with Crippen LogP contribution in [0.15, 0.2) is 28.8 Å². The van der Waals surface area contributed by atoms with Crippen LogP contribution in [0.4, 0.5) is 0 Å². The molecule has 3 rings (SSSR count). The topological polar surface area (TPSA) is 51.0 Å². The van der Waals surface area contributed by atoms with Gasteiger partial charge in [-0.2, -0.15) is 4.98 Å². The maximum absolute atomic E-state index is 5.97. The standard InChI is InChI=1S/C14H16ClN3O/c1-14(5-6-16-9-14)13-17-12(18-19-13)8-10-3-2-4-11(15)7-10/h2-4,7,16H,5-6,8-9H2,1H3. The zero-order valence-corrected chi connectivity index (χ0v) is 11.6. The van der Waals surface area contributed by atoms with Crippen molar-refractivity contribution in [1.29, 1.82) is 0 Å². The van der Waals surface area contributed by atoms with Crippen LogP contribution in [0, 0.1) is 0 Å². The summed E-state index contributed by atoms with van der Waals surface area (Å²) in [7, 11) is 0. The molecule has 0 radical (unpaired) electrons. The van der Waals surface area contributed by atoms with Gasteiger partial charge in [0.05, 0.1) is 5.41 Å². The van der Waals surface area contributed by atoms with Crippen molar-refractivity contribution in [2.45, 2.75) is 25.2 Å². The Morgan fingerprint density at radius 3 is 3.11 bits per heavy atom. The van der Waals surface area contributed by atoms with Crippen molar-refractivity contribution in [2.24, 2.45) is 0 Å². The molecule has 4 nitrogen and oxygen atoms in total. The second-order valence-electron chi connectivity index (χ2n) is 5.31. The monoisotopic (exact) mass is 277 g/mol. The molecule has 2 aromatic rings. The van der Waals surface area contributed by atoms with Crippen molar-refractivity contribution in [1.82, 2.24) is 15.5 Å². The Morgan fingerprint density at radius 2 is 2.37 bits per heavy atom. The summed E-state index contributed by atoms with van der Waals surface area (Å²) in [5, 5.41) is 8.14. The van der Waals surface area contributed by atoms with Crippen LogP contribution in [0.5, 0.6) is 0 Å². The van der Waals surface area contributed by atoms with Gasteiger partial charge in [-0.25, -0.2) is 0 Å². The van der Waals surface area contributed by atoms with Crippen LogP contribution in [0.25, 0.3) is 0 Å². The first-order chi connectivity index (χ1) is 9.16. The third-order valence-corrected chi connectivity index (χ3v) is 3.84. The van der Waals surface area contributed by atoms with Gasteiger partial charge in [-0.3, -0.25) is 0 Å². The summed E-state index contributed by atoms with van der Waals surface area (Å²) >= 11 is 5.97. The van der Waals surface area contributed by atoms with Crippen LogP contribution >= 0.6 is 11.6 Å². The molecule has 0 aliphatic carbocycles. The number of hydrogen-bond donors (Lipinski definition) is 1. The van der Waals surface area contributed by atoms with Crippen molar-refractivity contribution >= 4 is 11.6 Å². The molecule has 1 aromatic carbocycles. The van der Waals surface area contributed by atoms with Gasteiger partial charge < -0.3 is 9.84 Å². The lowest BCUT2D eigenvalue weighted by Crippen LogP contribution is -2.25. The zero-order valence-electron chi connectivity index (χ0n) is 10.8. The lowest BCUT2D eigenvalue weighted by molar-refractivity contribution is 0.304. The Hall–Kier alpha value is -1.39. The number of rotatable bonds is 3. The molecule has 1 atom stereocenters. The van der Waals surface area contributed by atoms with Crippen LogP contribution in [-0.2, 0) is 11.8 Å². The van der Waals surface area contributed by atoms with Gasteiger partial charge in [0.25, 0.3) is 0 Å². The van der Waals surface area contributed by atoms with E-state index in [0.717, 1.165) is 36.0 Å². The highest BCUT2D eigenvalue weighted by atomic mass is 35.5. The third-order valence-electron chi connectivity index (χ3n) is 3.60. The summed E-state index contributed by atoms with van der Waals surface area (Å²) in [5.74, 6) is 1.44. The van der Waals surface area contributed by atoms with Crippen molar-refractivity contribution in [3.63, 3.8) is 0 Å². The molecular formula is C14H16ClN3O. The van der Waals surface area contributed by atoms with E-state index in [-0.39, 0.29) is 5.41 Å². The molecule has 5 heteroatoms. The van der Waals surface area contributed by atoms with Crippen LogP contribution in [0.3, 0.4) is 0 Å². The Labute approximate surface area is 117 Å². The van der Waals surface area contributed by atoms with Gasteiger partial charge in [0.1, 0.15) is 0 Å². The summed E-state index contributed by atoms with van der Waals surface area (Å²) in [5.41, 5.74) is 1.06.